The number of nitrogens with one attached hydrogen (secondary N) is 1. The van der Waals surface area contributed by atoms with E-state index in [9.17, 15) is 4.39 Å². The van der Waals surface area contributed by atoms with E-state index in [0.29, 0.717) is 5.56 Å². The third-order valence-electron chi connectivity index (χ3n) is 4.03. The minimum absolute atomic E-state index is 0.247. The molecule has 3 aromatic rings. The van der Waals surface area contributed by atoms with E-state index in [1.54, 1.807) is 18.3 Å². The summed E-state index contributed by atoms with van der Waals surface area (Å²) in [5.74, 6) is 0.514. The summed E-state index contributed by atoms with van der Waals surface area (Å²) in [5, 5.41) is 3.40. The van der Waals surface area contributed by atoms with Crippen molar-refractivity contribution >= 4 is 11.4 Å². The van der Waals surface area contributed by atoms with Crippen LogP contribution in [0.5, 0.6) is 0 Å². The monoisotopic (exact) mass is 324 g/mol. The molecule has 0 saturated heterocycles. The number of aromatic nitrogens is 2. The van der Waals surface area contributed by atoms with Crippen LogP contribution in [-0.2, 0) is 7.05 Å². The van der Waals surface area contributed by atoms with E-state index < -0.39 is 0 Å². The number of imidazole rings is 1. The molecule has 0 saturated carbocycles. The number of rotatable bonds is 5. The topological polar surface area (TPSA) is 33.1 Å². The van der Waals surface area contributed by atoms with Crippen molar-refractivity contribution in [2.24, 2.45) is 7.05 Å². The molecule has 2 aromatic carbocycles. The van der Waals surface area contributed by atoms with Crippen LogP contribution in [0.25, 0.3) is 0 Å². The van der Waals surface area contributed by atoms with Gasteiger partial charge in [0.25, 0.3) is 0 Å². The smallest absolute Gasteiger partial charge is 0.135 e. The van der Waals surface area contributed by atoms with Crippen LogP contribution >= 0.6 is 0 Å². The van der Waals surface area contributed by atoms with Crippen LogP contribution in [0.15, 0.2) is 60.9 Å². The highest BCUT2D eigenvalue weighted by molar-refractivity contribution is 5.56. The Kier molecular flexibility index (Phi) is 4.51. The highest BCUT2D eigenvalue weighted by Crippen LogP contribution is 2.28. The molecule has 4 nitrogen and oxygen atoms in total. The Balaban J connectivity index is 1.97. The summed E-state index contributed by atoms with van der Waals surface area (Å²) in [6.45, 7) is 0. The molecule has 0 amide bonds. The van der Waals surface area contributed by atoms with Gasteiger partial charge in [-0.05, 0) is 30.3 Å². The first kappa shape index (κ1) is 16.1. The summed E-state index contributed by atoms with van der Waals surface area (Å²) in [6.07, 6.45) is 3.58. The van der Waals surface area contributed by atoms with E-state index in [2.05, 4.69) is 10.3 Å². The van der Waals surface area contributed by atoms with Crippen molar-refractivity contribution in [1.82, 2.24) is 9.55 Å². The molecule has 1 aromatic heterocycles. The molecule has 1 atom stereocenters. The number of nitrogens with zero attached hydrogens (tertiary/aromatic N) is 3. The lowest BCUT2D eigenvalue weighted by Crippen LogP contribution is -2.18. The maximum atomic E-state index is 14.4. The molecule has 0 radical (unpaired) electrons. The first-order valence-corrected chi connectivity index (χ1v) is 7.82. The number of halogens is 1. The molecule has 0 aliphatic heterocycles. The number of aryl methyl sites for hydroxylation is 1. The van der Waals surface area contributed by atoms with Crippen LogP contribution in [0, 0.1) is 5.82 Å². The SMILES string of the molecule is CN(C)c1ccc(NC(c2ccccc2F)c2nccn2C)cc1. The summed E-state index contributed by atoms with van der Waals surface area (Å²) in [4.78, 5) is 6.44. The summed E-state index contributed by atoms with van der Waals surface area (Å²) >= 11 is 0. The lowest BCUT2D eigenvalue weighted by Gasteiger charge is -2.21. The minimum Gasteiger partial charge on any atom is -0.378 e. The Morgan fingerprint density at radius 3 is 2.38 bits per heavy atom. The number of hydrogen-bond donors (Lipinski definition) is 1. The maximum absolute atomic E-state index is 14.4. The van der Waals surface area contributed by atoms with E-state index in [1.807, 2.05) is 67.1 Å². The van der Waals surface area contributed by atoms with Gasteiger partial charge in [0, 0.05) is 50.5 Å². The third kappa shape index (κ3) is 3.25. The molecule has 1 N–H and O–H groups in total. The fourth-order valence-corrected chi connectivity index (χ4v) is 2.67. The van der Waals surface area contributed by atoms with Crippen molar-refractivity contribution in [3.63, 3.8) is 0 Å². The second kappa shape index (κ2) is 6.74. The van der Waals surface area contributed by atoms with E-state index in [-0.39, 0.29) is 11.9 Å². The van der Waals surface area contributed by atoms with Crippen molar-refractivity contribution in [2.75, 3.05) is 24.3 Å². The maximum Gasteiger partial charge on any atom is 0.135 e. The Morgan fingerprint density at radius 2 is 1.79 bits per heavy atom. The second-order valence-electron chi connectivity index (χ2n) is 5.94. The molecule has 0 aliphatic carbocycles. The summed E-state index contributed by atoms with van der Waals surface area (Å²) in [5.41, 5.74) is 2.60. The number of anilines is 2. The van der Waals surface area contributed by atoms with Gasteiger partial charge in [0.15, 0.2) is 0 Å². The average molecular weight is 324 g/mol. The van der Waals surface area contributed by atoms with Gasteiger partial charge in [-0.2, -0.15) is 0 Å². The molecular weight excluding hydrogens is 303 g/mol. The van der Waals surface area contributed by atoms with Gasteiger partial charge in [-0.1, -0.05) is 18.2 Å². The van der Waals surface area contributed by atoms with Crippen molar-refractivity contribution in [1.29, 1.82) is 0 Å². The standard InChI is InChI=1S/C19H21FN4/c1-23(2)15-10-8-14(9-11-15)22-18(19-21-12-13-24(19)3)16-6-4-5-7-17(16)20/h4-13,18,22H,1-3H3. The van der Waals surface area contributed by atoms with E-state index in [1.165, 1.54) is 6.07 Å². The molecule has 24 heavy (non-hydrogen) atoms. The van der Waals surface area contributed by atoms with Crippen LogP contribution in [-0.4, -0.2) is 23.6 Å². The highest BCUT2D eigenvalue weighted by atomic mass is 19.1. The molecule has 1 unspecified atom stereocenters. The van der Waals surface area contributed by atoms with Gasteiger partial charge in [-0.3, -0.25) is 0 Å². The fourth-order valence-electron chi connectivity index (χ4n) is 2.67. The zero-order chi connectivity index (χ0) is 17.1. The highest BCUT2D eigenvalue weighted by Gasteiger charge is 2.21. The van der Waals surface area contributed by atoms with Crippen LogP contribution in [0.1, 0.15) is 17.4 Å². The van der Waals surface area contributed by atoms with Crippen molar-refractivity contribution in [3.8, 4) is 0 Å². The molecule has 5 heteroatoms. The molecule has 3 rings (SSSR count). The predicted octanol–water partition coefficient (Wildman–Crippen LogP) is 3.83. The Hall–Kier alpha value is -2.82. The molecule has 0 aliphatic rings. The van der Waals surface area contributed by atoms with Gasteiger partial charge in [-0.15, -0.1) is 0 Å². The first-order chi connectivity index (χ1) is 11.6. The molecule has 1 heterocycles. The molecule has 124 valence electrons. The Morgan fingerprint density at radius 1 is 1.08 bits per heavy atom. The lowest BCUT2D eigenvalue weighted by atomic mass is 10.0. The van der Waals surface area contributed by atoms with Crippen LogP contribution in [0.3, 0.4) is 0 Å². The van der Waals surface area contributed by atoms with Gasteiger partial charge in [0.1, 0.15) is 17.7 Å². The van der Waals surface area contributed by atoms with Crippen LogP contribution in [0.4, 0.5) is 15.8 Å². The second-order valence-corrected chi connectivity index (χ2v) is 5.94. The molecule has 0 fully saturated rings. The Bertz CT molecular complexity index is 808. The quantitative estimate of drug-likeness (QED) is 0.774. The molecule has 0 bridgehead atoms. The third-order valence-corrected chi connectivity index (χ3v) is 4.03. The van der Waals surface area contributed by atoms with Gasteiger partial charge in [-0.25, -0.2) is 9.37 Å². The van der Waals surface area contributed by atoms with Crippen molar-refractivity contribution in [2.45, 2.75) is 6.04 Å². The average Bonchev–Trinajstić information content (AvgIpc) is 3.00. The van der Waals surface area contributed by atoms with Crippen LogP contribution < -0.4 is 10.2 Å². The Labute approximate surface area is 141 Å². The van der Waals surface area contributed by atoms with Crippen molar-refractivity contribution < 1.29 is 4.39 Å². The first-order valence-electron chi connectivity index (χ1n) is 7.82. The zero-order valence-corrected chi connectivity index (χ0v) is 14.1. The van der Waals surface area contributed by atoms with Crippen molar-refractivity contribution in [3.05, 3.63) is 78.1 Å². The summed E-state index contributed by atoms with van der Waals surface area (Å²) < 4.78 is 16.3. The van der Waals surface area contributed by atoms with E-state index in [4.69, 9.17) is 0 Å². The number of hydrogen-bond acceptors (Lipinski definition) is 3. The van der Waals surface area contributed by atoms with Crippen LogP contribution in [0.2, 0.25) is 0 Å². The predicted molar refractivity (Wildman–Crippen MR) is 95.8 cm³/mol. The summed E-state index contributed by atoms with van der Waals surface area (Å²) in [6, 6.07) is 14.5. The fraction of sp³-hybridized carbons (Fsp3) is 0.211. The van der Waals surface area contributed by atoms with Gasteiger partial charge in [0.2, 0.25) is 0 Å². The number of benzene rings is 2. The van der Waals surface area contributed by atoms with E-state index in [0.717, 1.165) is 17.2 Å². The normalized spacial score (nSPS) is 12.0. The lowest BCUT2D eigenvalue weighted by molar-refractivity contribution is 0.596. The molecular formula is C19H21FN4. The largest absolute Gasteiger partial charge is 0.378 e. The van der Waals surface area contributed by atoms with Gasteiger partial charge >= 0.3 is 0 Å². The minimum atomic E-state index is -0.364. The van der Waals surface area contributed by atoms with E-state index >= 15 is 0 Å². The zero-order valence-electron chi connectivity index (χ0n) is 14.1. The van der Waals surface area contributed by atoms with Gasteiger partial charge in [0.05, 0.1) is 0 Å². The summed E-state index contributed by atoms with van der Waals surface area (Å²) in [7, 11) is 5.91. The molecule has 0 spiro atoms. The van der Waals surface area contributed by atoms with Gasteiger partial charge < -0.3 is 14.8 Å².